The summed E-state index contributed by atoms with van der Waals surface area (Å²) >= 11 is 0. The third-order valence-electron chi connectivity index (χ3n) is 3.35. The summed E-state index contributed by atoms with van der Waals surface area (Å²) in [7, 11) is -2.03. The Balaban J connectivity index is 2.21. The minimum absolute atomic E-state index is 0.187. The highest BCUT2D eigenvalue weighted by Gasteiger charge is 2.19. The molecule has 2 rings (SSSR count). The molecule has 0 unspecified atom stereocenters. The van der Waals surface area contributed by atoms with E-state index in [1.54, 1.807) is 18.3 Å². The largest absolute Gasteiger partial charge is 0.481 e. The molecular weight excluding hydrogens is 300 g/mol. The molecule has 0 bridgehead atoms. The Hall–Kier alpha value is -1.92. The summed E-state index contributed by atoms with van der Waals surface area (Å²) in [5.41, 5.74) is 3.32. The number of methoxy groups -OCH3 is 1. The van der Waals surface area contributed by atoms with Crippen LogP contribution in [0.1, 0.15) is 22.3 Å². The second-order valence-electron chi connectivity index (χ2n) is 5.26. The number of nitrogens with zero attached hydrogens (tertiary/aromatic N) is 1. The van der Waals surface area contributed by atoms with E-state index in [1.807, 2.05) is 32.9 Å². The van der Waals surface area contributed by atoms with Gasteiger partial charge in [0.2, 0.25) is 15.9 Å². The van der Waals surface area contributed by atoms with E-state index in [4.69, 9.17) is 4.74 Å². The molecule has 0 spiro atoms. The first kappa shape index (κ1) is 16.5. The lowest BCUT2D eigenvalue weighted by molar-refractivity contribution is 0.397. The van der Waals surface area contributed by atoms with Crippen LogP contribution in [0.5, 0.6) is 5.88 Å². The number of ether oxygens (including phenoxy) is 1. The lowest BCUT2D eigenvalue weighted by Gasteiger charge is -2.13. The van der Waals surface area contributed by atoms with Gasteiger partial charge >= 0.3 is 0 Å². The highest BCUT2D eigenvalue weighted by molar-refractivity contribution is 7.89. The zero-order chi connectivity index (χ0) is 16.3. The third-order valence-corrected chi connectivity index (χ3v) is 5.05. The number of rotatable bonds is 5. The van der Waals surface area contributed by atoms with Crippen molar-refractivity contribution in [1.29, 1.82) is 0 Å². The van der Waals surface area contributed by atoms with Crippen molar-refractivity contribution in [2.24, 2.45) is 0 Å². The van der Waals surface area contributed by atoms with Gasteiger partial charge in [-0.3, -0.25) is 0 Å². The Kier molecular flexibility index (Phi) is 4.83. The number of hydrogen-bond acceptors (Lipinski definition) is 4. The van der Waals surface area contributed by atoms with Crippen LogP contribution in [0.4, 0.5) is 0 Å². The van der Waals surface area contributed by atoms with E-state index in [9.17, 15) is 8.42 Å². The van der Waals surface area contributed by atoms with E-state index in [1.165, 1.54) is 7.11 Å². The van der Waals surface area contributed by atoms with Crippen molar-refractivity contribution in [2.45, 2.75) is 32.2 Å². The lowest BCUT2D eigenvalue weighted by Crippen LogP contribution is -2.25. The van der Waals surface area contributed by atoms with Gasteiger partial charge in [0, 0.05) is 18.8 Å². The summed E-state index contributed by atoms with van der Waals surface area (Å²) < 4.78 is 32.6. The zero-order valence-electron chi connectivity index (χ0n) is 13.2. The van der Waals surface area contributed by atoms with E-state index in [2.05, 4.69) is 9.71 Å². The van der Waals surface area contributed by atoms with Gasteiger partial charge in [0.15, 0.2) is 0 Å². The van der Waals surface area contributed by atoms with Crippen LogP contribution in [0, 0.1) is 20.8 Å². The van der Waals surface area contributed by atoms with Gasteiger partial charge in [0.1, 0.15) is 0 Å². The van der Waals surface area contributed by atoms with Gasteiger partial charge in [-0.2, -0.15) is 0 Å². The van der Waals surface area contributed by atoms with Crippen LogP contribution in [-0.4, -0.2) is 20.5 Å². The van der Waals surface area contributed by atoms with Crippen LogP contribution < -0.4 is 9.46 Å². The number of hydrogen-bond donors (Lipinski definition) is 1. The van der Waals surface area contributed by atoms with Gasteiger partial charge < -0.3 is 4.74 Å². The normalized spacial score (nSPS) is 11.5. The summed E-state index contributed by atoms with van der Waals surface area (Å²) in [6.45, 7) is 5.76. The predicted molar refractivity (Wildman–Crippen MR) is 85.5 cm³/mol. The van der Waals surface area contributed by atoms with Crippen LogP contribution in [0.15, 0.2) is 35.4 Å². The minimum atomic E-state index is -3.56. The van der Waals surface area contributed by atoms with Gasteiger partial charge in [-0.05, 0) is 37.5 Å². The van der Waals surface area contributed by atoms with E-state index in [-0.39, 0.29) is 6.54 Å². The first-order valence-electron chi connectivity index (χ1n) is 6.90. The molecule has 0 radical (unpaired) electrons. The number of aromatic nitrogens is 1. The second kappa shape index (κ2) is 6.46. The van der Waals surface area contributed by atoms with Crippen molar-refractivity contribution in [3.63, 3.8) is 0 Å². The van der Waals surface area contributed by atoms with Crippen LogP contribution in [-0.2, 0) is 16.6 Å². The quantitative estimate of drug-likeness (QED) is 0.919. The molecule has 0 aliphatic heterocycles. The molecule has 0 aliphatic rings. The molecule has 1 aromatic heterocycles. The van der Waals surface area contributed by atoms with Crippen LogP contribution in [0.2, 0.25) is 0 Å². The first-order valence-corrected chi connectivity index (χ1v) is 8.38. The fraction of sp³-hybridized carbons (Fsp3) is 0.312. The molecule has 5 nitrogen and oxygen atoms in total. The van der Waals surface area contributed by atoms with Gasteiger partial charge in [-0.1, -0.05) is 23.8 Å². The predicted octanol–water partition coefficient (Wildman–Crippen LogP) is 2.49. The Bertz CT molecular complexity index is 745. The fourth-order valence-corrected chi connectivity index (χ4v) is 3.94. The van der Waals surface area contributed by atoms with E-state index in [0.29, 0.717) is 10.8 Å². The Morgan fingerprint density at radius 2 is 1.77 bits per heavy atom. The molecule has 6 heteroatoms. The Morgan fingerprint density at radius 3 is 2.27 bits per heavy atom. The molecule has 0 saturated carbocycles. The van der Waals surface area contributed by atoms with Crippen molar-refractivity contribution in [1.82, 2.24) is 9.71 Å². The van der Waals surface area contributed by atoms with Crippen molar-refractivity contribution < 1.29 is 13.2 Å². The molecule has 2 aromatic rings. The highest BCUT2D eigenvalue weighted by atomic mass is 32.2. The molecule has 1 aromatic carbocycles. The van der Waals surface area contributed by atoms with Crippen LogP contribution in [0.25, 0.3) is 0 Å². The van der Waals surface area contributed by atoms with Gasteiger partial charge in [-0.25, -0.2) is 18.1 Å². The maximum Gasteiger partial charge on any atom is 0.241 e. The van der Waals surface area contributed by atoms with Crippen molar-refractivity contribution in [3.8, 4) is 5.88 Å². The standard InChI is InChI=1S/C16H20N2O3S/c1-11-7-12(2)16(13(3)8-11)22(19,20)18-10-14-5-6-15(21-4)17-9-14/h5-9,18H,10H2,1-4H3. The zero-order valence-corrected chi connectivity index (χ0v) is 14.0. The van der Waals surface area contributed by atoms with Crippen molar-refractivity contribution in [3.05, 3.63) is 52.7 Å². The molecule has 1 N–H and O–H groups in total. The number of aryl methyl sites for hydroxylation is 3. The van der Waals surface area contributed by atoms with E-state index in [0.717, 1.165) is 22.3 Å². The monoisotopic (exact) mass is 320 g/mol. The summed E-state index contributed by atoms with van der Waals surface area (Å²) in [6.07, 6.45) is 1.59. The summed E-state index contributed by atoms with van der Waals surface area (Å²) in [4.78, 5) is 4.41. The SMILES string of the molecule is COc1ccc(CNS(=O)(=O)c2c(C)cc(C)cc2C)cn1. The van der Waals surface area contributed by atoms with Gasteiger partial charge in [-0.15, -0.1) is 0 Å². The third kappa shape index (κ3) is 3.64. The highest BCUT2D eigenvalue weighted by Crippen LogP contribution is 2.21. The average molecular weight is 320 g/mol. The van der Waals surface area contributed by atoms with Gasteiger partial charge in [0.05, 0.1) is 12.0 Å². The van der Waals surface area contributed by atoms with Crippen molar-refractivity contribution >= 4 is 10.0 Å². The number of benzene rings is 1. The fourth-order valence-electron chi connectivity index (χ4n) is 2.48. The van der Waals surface area contributed by atoms with Gasteiger partial charge in [0.25, 0.3) is 0 Å². The summed E-state index contributed by atoms with van der Waals surface area (Å²) in [6, 6.07) is 7.22. The minimum Gasteiger partial charge on any atom is -0.481 e. The molecule has 0 aliphatic carbocycles. The van der Waals surface area contributed by atoms with Crippen molar-refractivity contribution in [2.75, 3.05) is 7.11 Å². The molecule has 1 heterocycles. The molecule has 0 fully saturated rings. The molecular formula is C16H20N2O3S. The summed E-state index contributed by atoms with van der Waals surface area (Å²) in [5, 5.41) is 0. The molecule has 118 valence electrons. The average Bonchev–Trinajstić information content (AvgIpc) is 2.44. The molecule has 0 atom stereocenters. The first-order chi connectivity index (χ1) is 10.3. The molecule has 0 amide bonds. The smallest absolute Gasteiger partial charge is 0.241 e. The number of pyridine rings is 1. The maximum absolute atomic E-state index is 12.5. The lowest BCUT2D eigenvalue weighted by atomic mass is 10.1. The molecule has 0 saturated heterocycles. The number of nitrogens with one attached hydrogen (secondary N) is 1. The Morgan fingerprint density at radius 1 is 1.14 bits per heavy atom. The molecule has 22 heavy (non-hydrogen) atoms. The van der Waals surface area contributed by atoms with Crippen LogP contribution >= 0.6 is 0 Å². The topological polar surface area (TPSA) is 68.3 Å². The summed E-state index contributed by atoms with van der Waals surface area (Å²) in [5.74, 6) is 0.497. The van der Waals surface area contributed by atoms with Crippen LogP contribution in [0.3, 0.4) is 0 Å². The van der Waals surface area contributed by atoms with E-state index >= 15 is 0 Å². The maximum atomic E-state index is 12.5. The Labute approximate surface area is 131 Å². The number of sulfonamides is 1. The van der Waals surface area contributed by atoms with E-state index < -0.39 is 10.0 Å². The second-order valence-corrected chi connectivity index (χ2v) is 6.96.